The van der Waals surface area contributed by atoms with Crippen molar-refractivity contribution in [3.63, 3.8) is 0 Å². The molecule has 0 saturated carbocycles. The normalized spacial score (nSPS) is 17.3. The minimum Gasteiger partial charge on any atom is -0.481 e. The third kappa shape index (κ3) is 5.46. The summed E-state index contributed by atoms with van der Waals surface area (Å²) in [6, 6.07) is -0.0843. The molecule has 1 heterocycles. The van der Waals surface area contributed by atoms with E-state index in [-0.39, 0.29) is 18.0 Å². The Morgan fingerprint density at radius 3 is 2.21 bits per heavy atom. The first-order chi connectivity index (χ1) is 8.80. The SMILES string of the molecule is CC(C)(C)N1CCN(C(=O)NCCCC(=O)O)CC1. The van der Waals surface area contributed by atoms with Gasteiger partial charge in [-0.2, -0.15) is 0 Å². The number of rotatable bonds is 4. The minimum atomic E-state index is -0.826. The second-order valence-corrected chi connectivity index (χ2v) is 5.87. The number of hydrogen-bond acceptors (Lipinski definition) is 3. The van der Waals surface area contributed by atoms with E-state index >= 15 is 0 Å². The molecule has 0 atom stereocenters. The van der Waals surface area contributed by atoms with E-state index in [0.29, 0.717) is 13.0 Å². The van der Waals surface area contributed by atoms with Gasteiger partial charge in [0.15, 0.2) is 0 Å². The first kappa shape index (κ1) is 15.8. The van der Waals surface area contributed by atoms with Crippen molar-refractivity contribution in [1.82, 2.24) is 15.1 Å². The zero-order valence-electron chi connectivity index (χ0n) is 12.1. The fourth-order valence-corrected chi connectivity index (χ4v) is 2.13. The van der Waals surface area contributed by atoms with Crippen molar-refractivity contribution < 1.29 is 14.7 Å². The standard InChI is InChI=1S/C13H25N3O3/c1-13(2,3)16-9-7-15(8-10-16)12(19)14-6-4-5-11(17)18/h4-10H2,1-3H3,(H,14,19)(H,17,18). The lowest BCUT2D eigenvalue weighted by molar-refractivity contribution is -0.137. The van der Waals surface area contributed by atoms with E-state index in [1.165, 1.54) is 0 Å². The van der Waals surface area contributed by atoms with E-state index in [1.807, 2.05) is 0 Å². The zero-order chi connectivity index (χ0) is 14.5. The number of hydrogen-bond donors (Lipinski definition) is 2. The van der Waals surface area contributed by atoms with Gasteiger partial charge >= 0.3 is 12.0 Å². The molecule has 0 aromatic carbocycles. The van der Waals surface area contributed by atoms with Crippen LogP contribution in [0.2, 0.25) is 0 Å². The molecule has 0 aromatic heterocycles. The maximum atomic E-state index is 11.8. The van der Waals surface area contributed by atoms with Gasteiger partial charge in [-0.1, -0.05) is 0 Å². The van der Waals surface area contributed by atoms with Crippen molar-refractivity contribution in [2.45, 2.75) is 39.2 Å². The second kappa shape index (κ2) is 6.75. The summed E-state index contributed by atoms with van der Waals surface area (Å²) in [6.45, 7) is 10.2. The van der Waals surface area contributed by atoms with Crippen LogP contribution >= 0.6 is 0 Å². The molecule has 2 amide bonds. The Kier molecular flexibility index (Phi) is 5.60. The molecule has 0 aromatic rings. The van der Waals surface area contributed by atoms with Gasteiger partial charge in [0.2, 0.25) is 0 Å². The highest BCUT2D eigenvalue weighted by molar-refractivity contribution is 5.74. The van der Waals surface area contributed by atoms with Gasteiger partial charge in [0.1, 0.15) is 0 Å². The molecule has 0 spiro atoms. The Morgan fingerprint density at radius 2 is 1.74 bits per heavy atom. The van der Waals surface area contributed by atoms with Gasteiger partial charge in [-0.05, 0) is 27.2 Å². The molecule has 0 aliphatic carbocycles. The molecular weight excluding hydrogens is 246 g/mol. The lowest BCUT2D eigenvalue weighted by atomic mass is 10.1. The van der Waals surface area contributed by atoms with Gasteiger partial charge < -0.3 is 15.3 Å². The van der Waals surface area contributed by atoms with Crippen molar-refractivity contribution >= 4 is 12.0 Å². The highest BCUT2D eigenvalue weighted by Gasteiger charge is 2.27. The molecule has 1 aliphatic rings. The Labute approximate surface area is 114 Å². The quantitative estimate of drug-likeness (QED) is 0.748. The zero-order valence-corrected chi connectivity index (χ0v) is 12.1. The van der Waals surface area contributed by atoms with Gasteiger partial charge in [0, 0.05) is 44.7 Å². The maximum Gasteiger partial charge on any atom is 0.317 e. The number of piperazine rings is 1. The Bertz CT molecular complexity index is 318. The third-order valence-electron chi connectivity index (χ3n) is 3.36. The lowest BCUT2D eigenvalue weighted by Crippen LogP contribution is -2.56. The van der Waals surface area contributed by atoms with E-state index in [9.17, 15) is 9.59 Å². The predicted octanol–water partition coefficient (Wildman–Crippen LogP) is 0.977. The number of urea groups is 1. The van der Waals surface area contributed by atoms with Crippen molar-refractivity contribution in [3.05, 3.63) is 0 Å². The molecule has 19 heavy (non-hydrogen) atoms. The van der Waals surface area contributed by atoms with Crippen LogP contribution in [0, 0.1) is 0 Å². The molecule has 2 N–H and O–H groups in total. The monoisotopic (exact) mass is 271 g/mol. The summed E-state index contributed by atoms with van der Waals surface area (Å²) < 4.78 is 0. The molecule has 1 fully saturated rings. The summed E-state index contributed by atoms with van der Waals surface area (Å²) in [5, 5.41) is 11.3. The topological polar surface area (TPSA) is 72.9 Å². The highest BCUT2D eigenvalue weighted by atomic mass is 16.4. The number of carboxylic acid groups (broad SMARTS) is 1. The van der Waals surface area contributed by atoms with Crippen molar-refractivity contribution in [2.24, 2.45) is 0 Å². The number of nitrogens with one attached hydrogen (secondary N) is 1. The summed E-state index contributed by atoms with van der Waals surface area (Å²) in [5.74, 6) is -0.826. The summed E-state index contributed by atoms with van der Waals surface area (Å²) in [7, 11) is 0. The summed E-state index contributed by atoms with van der Waals surface area (Å²) in [5.41, 5.74) is 0.143. The van der Waals surface area contributed by atoms with Crippen molar-refractivity contribution in [3.8, 4) is 0 Å². The number of carbonyl (C=O) groups excluding carboxylic acids is 1. The molecule has 0 bridgehead atoms. The van der Waals surface area contributed by atoms with Crippen LogP contribution in [-0.2, 0) is 4.79 Å². The van der Waals surface area contributed by atoms with Crippen molar-refractivity contribution in [1.29, 1.82) is 0 Å². The van der Waals surface area contributed by atoms with E-state index in [1.54, 1.807) is 4.90 Å². The smallest absolute Gasteiger partial charge is 0.317 e. The average molecular weight is 271 g/mol. The van der Waals surface area contributed by atoms with Crippen LogP contribution in [0.5, 0.6) is 0 Å². The summed E-state index contributed by atoms with van der Waals surface area (Å²) in [6.07, 6.45) is 0.571. The maximum absolute atomic E-state index is 11.8. The van der Waals surface area contributed by atoms with Gasteiger partial charge in [-0.15, -0.1) is 0 Å². The minimum absolute atomic E-state index is 0.0843. The molecule has 0 unspecified atom stereocenters. The van der Waals surface area contributed by atoms with Crippen LogP contribution in [0.1, 0.15) is 33.6 Å². The van der Waals surface area contributed by atoms with E-state index in [2.05, 4.69) is 31.0 Å². The van der Waals surface area contributed by atoms with Crippen LogP contribution in [0.4, 0.5) is 4.79 Å². The van der Waals surface area contributed by atoms with E-state index in [4.69, 9.17) is 5.11 Å². The van der Waals surface area contributed by atoms with E-state index in [0.717, 1.165) is 26.2 Å². The molecule has 6 heteroatoms. The number of amides is 2. The Hall–Kier alpha value is -1.30. The third-order valence-corrected chi connectivity index (χ3v) is 3.36. The second-order valence-electron chi connectivity index (χ2n) is 5.87. The molecule has 1 saturated heterocycles. The summed E-state index contributed by atoms with van der Waals surface area (Å²) >= 11 is 0. The van der Waals surface area contributed by atoms with Gasteiger partial charge in [-0.25, -0.2) is 4.79 Å². The van der Waals surface area contributed by atoms with Crippen LogP contribution < -0.4 is 5.32 Å². The van der Waals surface area contributed by atoms with Gasteiger partial charge in [-0.3, -0.25) is 9.69 Å². The Balaban J connectivity index is 2.23. The average Bonchev–Trinajstić information content (AvgIpc) is 2.33. The fourth-order valence-electron chi connectivity index (χ4n) is 2.13. The molecule has 6 nitrogen and oxygen atoms in total. The largest absolute Gasteiger partial charge is 0.481 e. The first-order valence-electron chi connectivity index (χ1n) is 6.80. The molecule has 1 aliphatic heterocycles. The number of carboxylic acids is 1. The predicted molar refractivity (Wildman–Crippen MR) is 73.2 cm³/mol. The van der Waals surface area contributed by atoms with Gasteiger partial charge in [0.25, 0.3) is 0 Å². The molecular formula is C13H25N3O3. The van der Waals surface area contributed by atoms with Crippen molar-refractivity contribution in [2.75, 3.05) is 32.7 Å². The lowest BCUT2D eigenvalue weighted by Gasteiger charge is -2.42. The molecule has 1 rings (SSSR count). The number of aliphatic carboxylic acids is 1. The number of carbonyl (C=O) groups is 2. The Morgan fingerprint density at radius 1 is 1.16 bits per heavy atom. The first-order valence-corrected chi connectivity index (χ1v) is 6.80. The fraction of sp³-hybridized carbons (Fsp3) is 0.846. The van der Waals surface area contributed by atoms with E-state index < -0.39 is 5.97 Å². The molecule has 110 valence electrons. The van der Waals surface area contributed by atoms with Crippen LogP contribution in [0.15, 0.2) is 0 Å². The number of nitrogens with zero attached hydrogens (tertiary/aromatic N) is 2. The van der Waals surface area contributed by atoms with Crippen LogP contribution in [0.25, 0.3) is 0 Å². The highest BCUT2D eigenvalue weighted by Crippen LogP contribution is 2.15. The van der Waals surface area contributed by atoms with Crippen LogP contribution in [-0.4, -0.2) is 65.2 Å². The van der Waals surface area contributed by atoms with Crippen LogP contribution in [0.3, 0.4) is 0 Å². The summed E-state index contributed by atoms with van der Waals surface area (Å²) in [4.78, 5) is 26.4. The molecule has 0 radical (unpaired) electrons. The van der Waals surface area contributed by atoms with Gasteiger partial charge in [0.05, 0.1) is 0 Å².